The molecule has 248 valence electrons. The molecule has 0 amide bonds. The molecule has 2 N–H and O–H groups in total. The third-order valence-corrected chi connectivity index (χ3v) is 11.1. The zero-order valence-corrected chi connectivity index (χ0v) is 28.5. The van der Waals surface area contributed by atoms with Crippen molar-refractivity contribution in [1.29, 1.82) is 0 Å². The van der Waals surface area contributed by atoms with Gasteiger partial charge < -0.3 is 9.88 Å². The Kier molecular flexibility index (Phi) is 6.51. The van der Waals surface area contributed by atoms with Gasteiger partial charge in [-0.15, -0.1) is 0 Å². The predicted octanol–water partition coefficient (Wildman–Crippen LogP) is 11.4. The third kappa shape index (κ3) is 4.43. The fourth-order valence-corrected chi connectivity index (χ4v) is 8.72. The highest BCUT2D eigenvalue weighted by atomic mass is 15.2. The first-order valence-electron chi connectivity index (χ1n) is 18.2. The topological polar surface area (TPSA) is 46.8 Å². The van der Waals surface area contributed by atoms with E-state index in [0.29, 0.717) is 0 Å². The lowest BCUT2D eigenvalue weighted by molar-refractivity contribution is 0.505. The number of fused-ring (bicyclic) bond motifs is 9. The van der Waals surface area contributed by atoms with E-state index in [1.807, 2.05) is 6.20 Å². The third-order valence-electron chi connectivity index (χ3n) is 11.1. The molecule has 2 atom stereocenters. The lowest BCUT2D eigenvalue weighted by Gasteiger charge is -2.35. The molecule has 0 bridgehead atoms. The lowest BCUT2D eigenvalue weighted by atomic mass is 9.94. The maximum Gasteiger partial charge on any atom is 0.137 e. The summed E-state index contributed by atoms with van der Waals surface area (Å²) in [5, 5.41) is 15.2. The van der Waals surface area contributed by atoms with E-state index in [4.69, 9.17) is 4.98 Å². The number of rotatable bonds is 4. The van der Waals surface area contributed by atoms with E-state index >= 15 is 0 Å². The zero-order valence-electron chi connectivity index (χ0n) is 28.5. The Bertz CT molecular complexity index is 2910. The quantitative estimate of drug-likeness (QED) is 0.196. The molecular weight excluding hydrogens is 635 g/mol. The molecule has 6 aromatic carbocycles. The Labute approximate surface area is 301 Å². The molecule has 3 aromatic heterocycles. The molecule has 0 spiro atoms. The predicted molar refractivity (Wildman–Crippen MR) is 216 cm³/mol. The molecule has 1 aliphatic heterocycles. The molecule has 0 saturated heterocycles. The van der Waals surface area contributed by atoms with E-state index in [0.717, 1.165) is 40.9 Å². The number of allylic oxidation sites excluding steroid dienone is 4. The molecule has 2 unspecified atom stereocenters. The van der Waals surface area contributed by atoms with Crippen molar-refractivity contribution in [2.75, 3.05) is 5.32 Å². The SMILES string of the molecule is C1=CCCC(n2c3ccccc3c3cc4c5c6ccccc6ccc5n(-c5ccc(C6Nc7ccccc7C(c7ccccc7)N6)cn5)c4cc32)=C1. The van der Waals surface area contributed by atoms with Crippen LogP contribution in [0.3, 0.4) is 0 Å². The Morgan fingerprint density at radius 3 is 2.27 bits per heavy atom. The van der Waals surface area contributed by atoms with Crippen molar-refractivity contribution in [2.24, 2.45) is 0 Å². The van der Waals surface area contributed by atoms with Crippen LogP contribution in [0.1, 0.15) is 41.7 Å². The summed E-state index contributed by atoms with van der Waals surface area (Å²) in [5.41, 5.74) is 10.8. The van der Waals surface area contributed by atoms with Gasteiger partial charge in [0.15, 0.2) is 0 Å². The minimum absolute atomic E-state index is 0.0675. The highest BCUT2D eigenvalue weighted by Gasteiger charge is 2.28. The van der Waals surface area contributed by atoms with E-state index in [-0.39, 0.29) is 12.2 Å². The summed E-state index contributed by atoms with van der Waals surface area (Å²) >= 11 is 0. The van der Waals surface area contributed by atoms with Crippen molar-refractivity contribution in [3.8, 4) is 5.82 Å². The molecule has 0 fully saturated rings. The minimum atomic E-state index is -0.100. The second kappa shape index (κ2) is 11.6. The van der Waals surface area contributed by atoms with Gasteiger partial charge in [0.1, 0.15) is 12.0 Å². The van der Waals surface area contributed by atoms with Crippen LogP contribution in [0.15, 0.2) is 164 Å². The van der Waals surface area contributed by atoms with Crippen LogP contribution in [0.5, 0.6) is 0 Å². The summed E-state index contributed by atoms with van der Waals surface area (Å²) in [5.74, 6) is 0.900. The lowest BCUT2D eigenvalue weighted by Crippen LogP contribution is -2.37. The van der Waals surface area contributed by atoms with Gasteiger partial charge in [0, 0.05) is 44.7 Å². The maximum absolute atomic E-state index is 5.22. The number of anilines is 1. The van der Waals surface area contributed by atoms with Gasteiger partial charge in [-0.3, -0.25) is 9.88 Å². The second-order valence-electron chi connectivity index (χ2n) is 14.0. The van der Waals surface area contributed by atoms with Gasteiger partial charge in [-0.2, -0.15) is 0 Å². The van der Waals surface area contributed by atoms with Crippen molar-refractivity contribution in [3.05, 3.63) is 181 Å². The fraction of sp³-hybridized carbons (Fsp3) is 0.0851. The normalized spacial score (nSPS) is 17.2. The number of para-hydroxylation sites is 2. The Morgan fingerprint density at radius 1 is 0.596 bits per heavy atom. The van der Waals surface area contributed by atoms with Gasteiger partial charge >= 0.3 is 0 Å². The summed E-state index contributed by atoms with van der Waals surface area (Å²) in [6.45, 7) is 0. The van der Waals surface area contributed by atoms with E-state index in [2.05, 4.69) is 178 Å². The average Bonchev–Trinajstić information content (AvgIpc) is 3.72. The van der Waals surface area contributed by atoms with Crippen molar-refractivity contribution < 1.29 is 0 Å². The second-order valence-corrected chi connectivity index (χ2v) is 14.0. The van der Waals surface area contributed by atoms with Crippen LogP contribution >= 0.6 is 0 Å². The maximum atomic E-state index is 5.22. The van der Waals surface area contributed by atoms with E-state index in [1.54, 1.807) is 0 Å². The fourth-order valence-electron chi connectivity index (χ4n) is 8.72. The summed E-state index contributed by atoms with van der Waals surface area (Å²) in [7, 11) is 0. The molecule has 0 saturated carbocycles. The molecule has 5 nitrogen and oxygen atoms in total. The zero-order chi connectivity index (χ0) is 34.2. The molecule has 0 radical (unpaired) electrons. The summed E-state index contributed by atoms with van der Waals surface area (Å²) < 4.78 is 4.84. The highest BCUT2D eigenvalue weighted by molar-refractivity contribution is 6.25. The average molecular weight is 670 g/mol. The van der Waals surface area contributed by atoms with Crippen molar-refractivity contribution in [2.45, 2.75) is 25.0 Å². The first kappa shape index (κ1) is 29.3. The van der Waals surface area contributed by atoms with Crippen molar-refractivity contribution >= 4 is 65.8 Å². The number of benzene rings is 6. The highest BCUT2D eigenvalue weighted by Crippen LogP contribution is 2.43. The van der Waals surface area contributed by atoms with Gasteiger partial charge in [0.2, 0.25) is 0 Å². The Morgan fingerprint density at radius 2 is 1.40 bits per heavy atom. The molecular formula is C47H35N5. The van der Waals surface area contributed by atoms with Gasteiger partial charge in [-0.1, -0.05) is 115 Å². The van der Waals surface area contributed by atoms with Crippen molar-refractivity contribution in [3.63, 3.8) is 0 Å². The smallest absolute Gasteiger partial charge is 0.137 e. The monoisotopic (exact) mass is 669 g/mol. The Hall–Kier alpha value is -6.43. The van der Waals surface area contributed by atoms with E-state index in [1.165, 1.54) is 60.2 Å². The van der Waals surface area contributed by atoms with Crippen LogP contribution < -0.4 is 10.6 Å². The summed E-state index contributed by atoms with van der Waals surface area (Å²) in [6, 6.07) is 50.7. The van der Waals surface area contributed by atoms with Gasteiger partial charge in [-0.25, -0.2) is 4.98 Å². The van der Waals surface area contributed by atoms with E-state index in [9.17, 15) is 0 Å². The number of hydrogen-bond donors (Lipinski definition) is 2. The summed E-state index contributed by atoms with van der Waals surface area (Å²) in [4.78, 5) is 5.22. The van der Waals surface area contributed by atoms with E-state index < -0.39 is 0 Å². The Balaban J connectivity index is 1.11. The minimum Gasteiger partial charge on any atom is -0.366 e. The molecule has 2 aliphatic rings. The van der Waals surface area contributed by atoms with Crippen LogP contribution in [0.25, 0.3) is 65.9 Å². The van der Waals surface area contributed by atoms with Crippen LogP contribution in [0, 0.1) is 0 Å². The van der Waals surface area contributed by atoms with Crippen LogP contribution in [0.2, 0.25) is 0 Å². The molecule has 11 rings (SSSR count). The van der Waals surface area contributed by atoms with Gasteiger partial charge in [-0.05, 0) is 77.2 Å². The molecule has 52 heavy (non-hydrogen) atoms. The molecule has 4 heterocycles. The van der Waals surface area contributed by atoms with Crippen LogP contribution in [-0.4, -0.2) is 14.1 Å². The number of aromatic nitrogens is 3. The van der Waals surface area contributed by atoms with Gasteiger partial charge in [0.25, 0.3) is 0 Å². The molecule has 5 heteroatoms. The van der Waals surface area contributed by atoms with Gasteiger partial charge in [0.05, 0.1) is 28.1 Å². The summed E-state index contributed by atoms with van der Waals surface area (Å²) in [6.07, 6.45) is 10.7. The number of nitrogens with one attached hydrogen (secondary N) is 2. The number of pyridine rings is 1. The molecule has 9 aromatic rings. The number of nitrogens with zero attached hydrogens (tertiary/aromatic N) is 3. The van der Waals surface area contributed by atoms with Crippen molar-refractivity contribution in [1.82, 2.24) is 19.4 Å². The van der Waals surface area contributed by atoms with Crippen LogP contribution in [0.4, 0.5) is 5.69 Å². The number of hydrogen-bond acceptors (Lipinski definition) is 3. The first-order chi connectivity index (χ1) is 25.8. The molecule has 1 aliphatic carbocycles. The standard InChI is InChI=1S/C47H35N5/c1-3-14-31(15-4-1)46-36-20-9-11-21-39(36)49-47(50-46)32-24-26-44(48-29-32)52-41-25-23-30-13-7-8-18-34(30)45(41)38-27-37-35-19-10-12-22-40(35)51(42(37)28-43(38)52)33-16-5-2-6-17-33/h1-5,7-16,18-29,46-47,49-50H,6,17H2. The largest absolute Gasteiger partial charge is 0.366 e. The first-order valence-corrected chi connectivity index (χ1v) is 18.2. The van der Waals surface area contributed by atoms with Crippen LogP contribution in [-0.2, 0) is 0 Å².